The molecule has 2 N–H and O–H groups in total. The van der Waals surface area contributed by atoms with Gasteiger partial charge in [-0.25, -0.2) is 4.68 Å². The molecule has 0 bridgehead atoms. The van der Waals surface area contributed by atoms with Crippen LogP contribution in [0.3, 0.4) is 0 Å². The van der Waals surface area contributed by atoms with Gasteiger partial charge in [-0.3, -0.25) is 19.7 Å². The molecule has 0 unspecified atom stereocenters. The Bertz CT molecular complexity index is 1190. The maximum atomic E-state index is 12.9. The minimum absolute atomic E-state index is 0.0475. The number of thioether (sulfide) groups is 1. The fraction of sp³-hybridized carbons (Fsp3) is 0.227. The summed E-state index contributed by atoms with van der Waals surface area (Å²) in [4.78, 5) is 36.1. The molecule has 0 aliphatic carbocycles. The van der Waals surface area contributed by atoms with Crippen molar-refractivity contribution in [2.24, 2.45) is 0 Å². The van der Waals surface area contributed by atoms with E-state index in [1.807, 2.05) is 30.3 Å². The van der Waals surface area contributed by atoms with Crippen LogP contribution in [0.15, 0.2) is 48.5 Å². The van der Waals surface area contributed by atoms with Crippen molar-refractivity contribution in [2.75, 3.05) is 5.32 Å². The Hall–Kier alpha value is -3.66. The van der Waals surface area contributed by atoms with E-state index in [1.165, 1.54) is 10.7 Å². The fourth-order valence-corrected chi connectivity index (χ4v) is 4.47. The quantitative estimate of drug-likeness (QED) is 0.420. The van der Waals surface area contributed by atoms with Gasteiger partial charge < -0.3 is 10.6 Å². The minimum Gasteiger partial charge on any atom is -0.350 e. The van der Waals surface area contributed by atoms with Crippen molar-refractivity contribution in [3.05, 3.63) is 86.6 Å². The first kappa shape index (κ1) is 21.6. The highest BCUT2D eigenvalue weighted by atomic mass is 32.2. The first-order valence-corrected chi connectivity index (χ1v) is 11.1. The molecule has 1 aliphatic heterocycles. The van der Waals surface area contributed by atoms with E-state index in [4.69, 9.17) is 0 Å². The summed E-state index contributed by atoms with van der Waals surface area (Å²) in [6.45, 7) is 1.96. The smallest absolute Gasteiger partial charge is 0.273 e. The first-order chi connectivity index (χ1) is 15.4. The molecule has 0 saturated carbocycles. The molecule has 2 amide bonds. The van der Waals surface area contributed by atoms with E-state index in [0.29, 0.717) is 29.4 Å². The van der Waals surface area contributed by atoms with Crippen molar-refractivity contribution in [1.82, 2.24) is 15.1 Å². The van der Waals surface area contributed by atoms with Crippen LogP contribution in [-0.4, -0.2) is 26.5 Å². The molecule has 9 nitrogen and oxygen atoms in total. The normalized spacial score (nSPS) is 12.3. The third-order valence-electron chi connectivity index (χ3n) is 5.14. The van der Waals surface area contributed by atoms with Crippen molar-refractivity contribution < 1.29 is 14.5 Å². The van der Waals surface area contributed by atoms with Gasteiger partial charge in [-0.1, -0.05) is 36.4 Å². The molecule has 1 aliphatic rings. The molecule has 4 rings (SSSR count). The summed E-state index contributed by atoms with van der Waals surface area (Å²) < 4.78 is 1.49. The summed E-state index contributed by atoms with van der Waals surface area (Å²) in [7, 11) is 0. The Morgan fingerprint density at radius 2 is 1.97 bits per heavy atom. The Morgan fingerprint density at radius 3 is 2.72 bits per heavy atom. The lowest BCUT2D eigenvalue weighted by atomic mass is 10.1. The zero-order chi connectivity index (χ0) is 22.7. The van der Waals surface area contributed by atoms with Crippen molar-refractivity contribution in [3.63, 3.8) is 0 Å². The second-order valence-electron chi connectivity index (χ2n) is 7.40. The highest BCUT2D eigenvalue weighted by Crippen LogP contribution is 2.35. The third-order valence-corrected chi connectivity index (χ3v) is 6.12. The second-order valence-corrected chi connectivity index (χ2v) is 8.38. The molecule has 3 aromatic rings. The van der Waals surface area contributed by atoms with Gasteiger partial charge >= 0.3 is 0 Å². The van der Waals surface area contributed by atoms with Gasteiger partial charge in [0.25, 0.3) is 11.6 Å². The minimum atomic E-state index is -0.512. The number of nitro benzene ring substituents is 1. The van der Waals surface area contributed by atoms with E-state index in [9.17, 15) is 19.7 Å². The molecule has 10 heteroatoms. The number of carbonyl (C=O) groups excluding carboxylic acids is 2. The van der Waals surface area contributed by atoms with E-state index in [1.54, 1.807) is 30.8 Å². The predicted molar refractivity (Wildman–Crippen MR) is 121 cm³/mol. The number of hydrogen-bond acceptors (Lipinski definition) is 6. The van der Waals surface area contributed by atoms with Gasteiger partial charge in [-0.2, -0.15) is 16.9 Å². The van der Waals surface area contributed by atoms with Crippen LogP contribution in [0.25, 0.3) is 0 Å². The monoisotopic (exact) mass is 451 g/mol. The highest BCUT2D eigenvalue weighted by Gasteiger charge is 2.26. The molecule has 1 aromatic heterocycles. The Morgan fingerprint density at radius 1 is 1.19 bits per heavy atom. The van der Waals surface area contributed by atoms with Crippen molar-refractivity contribution in [3.8, 4) is 0 Å². The van der Waals surface area contributed by atoms with Crippen LogP contribution in [0.4, 0.5) is 11.5 Å². The molecule has 0 atom stereocenters. The van der Waals surface area contributed by atoms with E-state index in [-0.39, 0.29) is 23.7 Å². The summed E-state index contributed by atoms with van der Waals surface area (Å²) in [5.41, 5.74) is 3.21. The number of fused-ring (bicyclic) bond motifs is 1. The second kappa shape index (κ2) is 9.23. The predicted octanol–water partition coefficient (Wildman–Crippen LogP) is 3.42. The van der Waals surface area contributed by atoms with Gasteiger partial charge in [0, 0.05) is 40.8 Å². The molecule has 2 heterocycles. The Kier molecular flexibility index (Phi) is 6.22. The number of aromatic nitrogens is 2. The molecule has 2 aromatic carbocycles. The lowest BCUT2D eigenvalue weighted by Gasteiger charge is -2.12. The largest absolute Gasteiger partial charge is 0.350 e. The summed E-state index contributed by atoms with van der Waals surface area (Å²) in [6, 6.07) is 13.9. The average molecular weight is 452 g/mol. The van der Waals surface area contributed by atoms with E-state index in [2.05, 4.69) is 15.7 Å². The number of hydrogen-bond donors (Lipinski definition) is 2. The van der Waals surface area contributed by atoms with E-state index in [0.717, 1.165) is 16.8 Å². The van der Waals surface area contributed by atoms with Crippen molar-refractivity contribution in [2.45, 2.75) is 31.5 Å². The molecular weight excluding hydrogens is 430 g/mol. The molecule has 164 valence electrons. The van der Waals surface area contributed by atoms with Crippen LogP contribution < -0.4 is 10.6 Å². The van der Waals surface area contributed by atoms with Crippen LogP contribution in [0.2, 0.25) is 0 Å². The number of aryl methyl sites for hydroxylation is 1. The van der Waals surface area contributed by atoms with E-state index < -0.39 is 10.8 Å². The topological polar surface area (TPSA) is 119 Å². The van der Waals surface area contributed by atoms with Crippen LogP contribution in [0, 0.1) is 17.0 Å². The zero-order valence-corrected chi connectivity index (χ0v) is 18.1. The number of anilines is 1. The van der Waals surface area contributed by atoms with Crippen LogP contribution >= 0.6 is 11.8 Å². The highest BCUT2D eigenvalue weighted by molar-refractivity contribution is 7.98. The van der Waals surface area contributed by atoms with Crippen molar-refractivity contribution >= 4 is 35.1 Å². The molecular formula is C22H21N5O4S. The summed E-state index contributed by atoms with van der Waals surface area (Å²) in [5.74, 6) is 1.10. The van der Waals surface area contributed by atoms with Gasteiger partial charge in [0.1, 0.15) is 12.4 Å². The van der Waals surface area contributed by atoms with Gasteiger partial charge in [0.05, 0.1) is 10.6 Å². The molecule has 0 fully saturated rings. The number of nitrogens with one attached hydrogen (secondary N) is 2. The lowest BCUT2D eigenvalue weighted by molar-refractivity contribution is -0.385. The van der Waals surface area contributed by atoms with Gasteiger partial charge in [0.15, 0.2) is 0 Å². The standard InChI is InChI=1S/C22H21N5O4S/c1-14-7-8-16(9-19(14)27(30)31)22(29)24-21-17-12-32-13-18(17)25-26(21)11-20(28)23-10-15-5-3-2-4-6-15/h2-9H,10-13H2,1H3,(H,23,28)(H,24,29). The molecule has 32 heavy (non-hydrogen) atoms. The first-order valence-electron chi connectivity index (χ1n) is 9.95. The van der Waals surface area contributed by atoms with Gasteiger partial charge in [-0.15, -0.1) is 0 Å². The summed E-state index contributed by atoms with van der Waals surface area (Å²) in [6.07, 6.45) is 0. The maximum Gasteiger partial charge on any atom is 0.273 e. The van der Waals surface area contributed by atoms with Crippen LogP contribution in [0.1, 0.15) is 32.7 Å². The summed E-state index contributed by atoms with van der Waals surface area (Å²) in [5, 5.41) is 21.4. The number of nitro groups is 1. The molecule has 0 spiro atoms. The maximum absolute atomic E-state index is 12.9. The number of rotatable bonds is 7. The van der Waals surface area contributed by atoms with Crippen molar-refractivity contribution in [1.29, 1.82) is 0 Å². The zero-order valence-electron chi connectivity index (χ0n) is 17.3. The average Bonchev–Trinajstić information content (AvgIpc) is 3.35. The number of nitrogens with zero attached hydrogens (tertiary/aromatic N) is 3. The van der Waals surface area contributed by atoms with E-state index >= 15 is 0 Å². The van der Waals surface area contributed by atoms with Gasteiger partial charge in [-0.05, 0) is 18.6 Å². The third kappa shape index (κ3) is 4.65. The van der Waals surface area contributed by atoms with Crippen LogP contribution in [-0.2, 0) is 29.4 Å². The Balaban J connectivity index is 1.51. The SMILES string of the molecule is Cc1ccc(C(=O)Nc2c3c(nn2CC(=O)NCc2ccccc2)CSC3)cc1[N+](=O)[O-]. The number of carbonyl (C=O) groups is 2. The molecule has 0 saturated heterocycles. The fourth-order valence-electron chi connectivity index (χ4n) is 3.44. The lowest BCUT2D eigenvalue weighted by Crippen LogP contribution is -2.28. The number of amides is 2. The Labute approximate surface area is 188 Å². The number of benzene rings is 2. The van der Waals surface area contributed by atoms with Crippen LogP contribution in [0.5, 0.6) is 0 Å². The summed E-state index contributed by atoms with van der Waals surface area (Å²) >= 11 is 1.67. The molecule has 0 radical (unpaired) electrons. The van der Waals surface area contributed by atoms with Gasteiger partial charge in [0.2, 0.25) is 5.91 Å².